The summed E-state index contributed by atoms with van der Waals surface area (Å²) in [6, 6.07) is 13.2. The molecule has 0 aliphatic heterocycles. The van der Waals surface area contributed by atoms with E-state index in [1.165, 1.54) is 21.2 Å². The zero-order valence-corrected chi connectivity index (χ0v) is 10.3. The van der Waals surface area contributed by atoms with Gasteiger partial charge in [-0.05, 0) is 34.6 Å². The Bertz CT molecular complexity index is 472. The first-order valence-electron chi connectivity index (χ1n) is 5.29. The minimum absolute atomic E-state index is 0.598. The molecule has 0 saturated heterocycles. The standard InChI is InChI=1S/C14H16S/c1-10(2)12-8-11-6-4-5-7-13(11)14(9-12)15-3/h4-10H,1-3H3. The van der Waals surface area contributed by atoms with Crippen molar-refractivity contribution < 1.29 is 0 Å². The zero-order valence-electron chi connectivity index (χ0n) is 9.45. The maximum Gasteiger partial charge on any atom is 0.0150 e. The van der Waals surface area contributed by atoms with Crippen molar-refractivity contribution in [3.63, 3.8) is 0 Å². The van der Waals surface area contributed by atoms with E-state index in [9.17, 15) is 0 Å². The van der Waals surface area contributed by atoms with Gasteiger partial charge in [0.15, 0.2) is 0 Å². The highest BCUT2D eigenvalue weighted by Crippen LogP contribution is 2.30. The molecule has 0 amide bonds. The van der Waals surface area contributed by atoms with E-state index in [0.717, 1.165) is 0 Å². The number of hydrogen-bond acceptors (Lipinski definition) is 1. The predicted molar refractivity (Wildman–Crippen MR) is 69.8 cm³/mol. The van der Waals surface area contributed by atoms with Crippen LogP contribution in [0, 0.1) is 0 Å². The van der Waals surface area contributed by atoms with Crippen LogP contribution in [0.3, 0.4) is 0 Å². The Hall–Kier alpha value is -0.950. The second-order valence-electron chi connectivity index (χ2n) is 4.10. The van der Waals surface area contributed by atoms with Crippen LogP contribution in [0.15, 0.2) is 41.3 Å². The Labute approximate surface area is 95.7 Å². The van der Waals surface area contributed by atoms with Gasteiger partial charge in [-0.25, -0.2) is 0 Å². The molecular weight excluding hydrogens is 200 g/mol. The molecule has 2 aromatic rings. The van der Waals surface area contributed by atoms with E-state index >= 15 is 0 Å². The fourth-order valence-electron chi connectivity index (χ4n) is 1.80. The second-order valence-corrected chi connectivity index (χ2v) is 4.95. The van der Waals surface area contributed by atoms with E-state index in [0.29, 0.717) is 5.92 Å². The van der Waals surface area contributed by atoms with Crippen molar-refractivity contribution >= 4 is 22.5 Å². The van der Waals surface area contributed by atoms with Crippen LogP contribution in [0.25, 0.3) is 10.8 Å². The highest BCUT2D eigenvalue weighted by Gasteiger charge is 2.05. The lowest BCUT2D eigenvalue weighted by Gasteiger charge is -2.10. The molecule has 0 bridgehead atoms. The normalized spacial score (nSPS) is 11.2. The monoisotopic (exact) mass is 216 g/mol. The van der Waals surface area contributed by atoms with Gasteiger partial charge >= 0.3 is 0 Å². The molecule has 0 aromatic heterocycles. The molecule has 78 valence electrons. The molecular formula is C14H16S. The maximum atomic E-state index is 2.32. The van der Waals surface area contributed by atoms with Gasteiger partial charge in [0.25, 0.3) is 0 Å². The van der Waals surface area contributed by atoms with E-state index in [4.69, 9.17) is 0 Å². The average Bonchev–Trinajstić information content (AvgIpc) is 2.27. The molecule has 0 nitrogen and oxygen atoms in total. The Kier molecular flexibility index (Phi) is 3.01. The molecule has 0 N–H and O–H groups in total. The third-order valence-corrected chi connectivity index (χ3v) is 3.51. The lowest BCUT2D eigenvalue weighted by atomic mass is 9.99. The van der Waals surface area contributed by atoms with Gasteiger partial charge in [0, 0.05) is 4.90 Å². The minimum atomic E-state index is 0.598. The van der Waals surface area contributed by atoms with Crippen LogP contribution in [-0.4, -0.2) is 6.26 Å². The minimum Gasteiger partial charge on any atom is -0.129 e. The van der Waals surface area contributed by atoms with Gasteiger partial charge in [0.2, 0.25) is 0 Å². The molecule has 0 heterocycles. The first kappa shape index (κ1) is 10.6. The van der Waals surface area contributed by atoms with Crippen molar-refractivity contribution in [1.29, 1.82) is 0 Å². The summed E-state index contributed by atoms with van der Waals surface area (Å²) in [4.78, 5) is 1.39. The molecule has 15 heavy (non-hydrogen) atoms. The van der Waals surface area contributed by atoms with Crippen LogP contribution < -0.4 is 0 Å². The van der Waals surface area contributed by atoms with E-state index < -0.39 is 0 Å². The summed E-state index contributed by atoms with van der Waals surface area (Å²) >= 11 is 1.83. The zero-order chi connectivity index (χ0) is 10.8. The molecule has 0 aliphatic carbocycles. The molecule has 0 aliphatic rings. The number of fused-ring (bicyclic) bond motifs is 1. The highest BCUT2D eigenvalue weighted by molar-refractivity contribution is 7.98. The average molecular weight is 216 g/mol. The van der Waals surface area contributed by atoms with E-state index in [2.05, 4.69) is 56.5 Å². The van der Waals surface area contributed by atoms with E-state index in [1.54, 1.807) is 0 Å². The van der Waals surface area contributed by atoms with Crippen molar-refractivity contribution in [3.05, 3.63) is 42.0 Å². The number of hydrogen-bond donors (Lipinski definition) is 0. The van der Waals surface area contributed by atoms with E-state index in [1.807, 2.05) is 11.8 Å². The fourth-order valence-corrected chi connectivity index (χ4v) is 2.46. The van der Waals surface area contributed by atoms with Crippen LogP contribution >= 0.6 is 11.8 Å². The first-order chi connectivity index (χ1) is 7.22. The number of rotatable bonds is 2. The van der Waals surface area contributed by atoms with Gasteiger partial charge in [-0.3, -0.25) is 0 Å². The fraction of sp³-hybridized carbons (Fsp3) is 0.286. The Morgan fingerprint density at radius 2 is 1.80 bits per heavy atom. The summed E-state index contributed by atoms with van der Waals surface area (Å²) in [6.07, 6.45) is 2.14. The van der Waals surface area contributed by atoms with Gasteiger partial charge in [0.05, 0.1) is 0 Å². The molecule has 0 unspecified atom stereocenters. The SMILES string of the molecule is CSc1cc(C(C)C)cc2ccccc12. The first-order valence-corrected chi connectivity index (χ1v) is 6.51. The summed E-state index contributed by atoms with van der Waals surface area (Å²) in [5.41, 5.74) is 1.43. The summed E-state index contributed by atoms with van der Waals surface area (Å²) < 4.78 is 0. The topological polar surface area (TPSA) is 0 Å². The summed E-state index contributed by atoms with van der Waals surface area (Å²) in [5, 5.41) is 2.72. The van der Waals surface area contributed by atoms with Gasteiger partial charge < -0.3 is 0 Å². The van der Waals surface area contributed by atoms with Gasteiger partial charge in [-0.1, -0.05) is 44.2 Å². The summed E-state index contributed by atoms with van der Waals surface area (Å²) in [5.74, 6) is 0.598. The lowest BCUT2D eigenvalue weighted by molar-refractivity contribution is 0.865. The van der Waals surface area contributed by atoms with Crippen molar-refractivity contribution in [2.24, 2.45) is 0 Å². The molecule has 0 atom stereocenters. The molecule has 1 heteroatoms. The maximum absolute atomic E-state index is 2.32. The van der Waals surface area contributed by atoms with Crippen LogP contribution in [0.1, 0.15) is 25.3 Å². The smallest absolute Gasteiger partial charge is 0.0150 e. The molecule has 0 spiro atoms. The Balaban J connectivity index is 2.71. The van der Waals surface area contributed by atoms with Crippen LogP contribution in [0.2, 0.25) is 0 Å². The highest BCUT2D eigenvalue weighted by atomic mass is 32.2. The molecule has 2 aromatic carbocycles. The molecule has 0 radical (unpaired) electrons. The van der Waals surface area contributed by atoms with Crippen molar-refractivity contribution in [3.8, 4) is 0 Å². The second kappa shape index (κ2) is 4.28. The van der Waals surface area contributed by atoms with Gasteiger partial charge in [-0.2, -0.15) is 0 Å². The van der Waals surface area contributed by atoms with Crippen molar-refractivity contribution in [2.45, 2.75) is 24.7 Å². The lowest BCUT2D eigenvalue weighted by Crippen LogP contribution is -1.88. The van der Waals surface area contributed by atoms with Crippen molar-refractivity contribution in [2.75, 3.05) is 6.26 Å². The van der Waals surface area contributed by atoms with Crippen molar-refractivity contribution in [1.82, 2.24) is 0 Å². The van der Waals surface area contributed by atoms with Gasteiger partial charge in [-0.15, -0.1) is 11.8 Å². The van der Waals surface area contributed by atoms with Crippen LogP contribution in [-0.2, 0) is 0 Å². The third kappa shape index (κ3) is 2.03. The predicted octanol–water partition coefficient (Wildman–Crippen LogP) is 4.69. The third-order valence-electron chi connectivity index (χ3n) is 2.73. The van der Waals surface area contributed by atoms with Gasteiger partial charge in [0.1, 0.15) is 0 Å². The van der Waals surface area contributed by atoms with Crippen LogP contribution in [0.4, 0.5) is 0 Å². The molecule has 0 fully saturated rings. The quantitative estimate of drug-likeness (QED) is 0.656. The molecule has 2 rings (SSSR count). The van der Waals surface area contributed by atoms with E-state index in [-0.39, 0.29) is 0 Å². The Morgan fingerprint density at radius 1 is 1.07 bits per heavy atom. The van der Waals surface area contributed by atoms with Crippen LogP contribution in [0.5, 0.6) is 0 Å². The Morgan fingerprint density at radius 3 is 2.47 bits per heavy atom. The molecule has 0 saturated carbocycles. The summed E-state index contributed by atoms with van der Waals surface area (Å²) in [7, 11) is 0. The summed E-state index contributed by atoms with van der Waals surface area (Å²) in [6.45, 7) is 4.49. The largest absolute Gasteiger partial charge is 0.129 e. The number of benzene rings is 2. The number of thioether (sulfide) groups is 1.